The van der Waals surface area contributed by atoms with Gasteiger partial charge in [0.1, 0.15) is 21.5 Å². The van der Waals surface area contributed by atoms with Gasteiger partial charge in [-0.2, -0.15) is 0 Å². The van der Waals surface area contributed by atoms with Crippen LogP contribution in [0.1, 0.15) is 27.8 Å². The average Bonchev–Trinajstić information content (AvgIpc) is 3.29. The minimum Gasteiger partial charge on any atom is -0.495 e. The van der Waals surface area contributed by atoms with Crippen molar-refractivity contribution in [1.29, 1.82) is 0 Å². The van der Waals surface area contributed by atoms with Gasteiger partial charge in [-0.25, -0.2) is 0 Å². The predicted octanol–water partition coefficient (Wildman–Crippen LogP) is 6.49. The number of halogens is 3. The summed E-state index contributed by atoms with van der Waals surface area (Å²) in [5.74, 6) is -3.29. The molecular formula is C34H25Cl3N2O4. The van der Waals surface area contributed by atoms with Crippen molar-refractivity contribution in [3.05, 3.63) is 130 Å². The highest BCUT2D eigenvalue weighted by Gasteiger charge is 2.73. The predicted molar refractivity (Wildman–Crippen MR) is 166 cm³/mol. The molecule has 0 saturated carbocycles. The first-order valence-electron chi connectivity index (χ1n) is 13.8. The third kappa shape index (κ3) is 3.90. The molecule has 8 rings (SSSR count). The van der Waals surface area contributed by atoms with Crippen molar-refractivity contribution < 1.29 is 19.1 Å². The highest BCUT2D eigenvalue weighted by atomic mass is 35.5. The van der Waals surface area contributed by atoms with Crippen molar-refractivity contribution in [3.8, 4) is 5.75 Å². The van der Waals surface area contributed by atoms with Gasteiger partial charge in [0, 0.05) is 11.4 Å². The lowest BCUT2D eigenvalue weighted by Crippen LogP contribution is -2.57. The van der Waals surface area contributed by atoms with Crippen LogP contribution in [-0.4, -0.2) is 35.8 Å². The van der Waals surface area contributed by atoms with Crippen molar-refractivity contribution in [2.45, 2.75) is 22.2 Å². The van der Waals surface area contributed by atoms with Gasteiger partial charge in [0.2, 0.25) is 17.7 Å². The number of anilines is 1. The number of nitrogens with zero attached hydrogens (tertiary/aromatic N) is 1. The number of carbonyl (C=O) groups excluding carboxylic acids is 3. The molecule has 3 atom stereocenters. The number of hydrogen-bond donors (Lipinski definition) is 1. The Labute approximate surface area is 263 Å². The van der Waals surface area contributed by atoms with E-state index in [0.29, 0.717) is 38.7 Å². The van der Waals surface area contributed by atoms with Crippen LogP contribution in [0, 0.1) is 11.8 Å². The maximum Gasteiger partial charge on any atom is 0.248 e. The molecule has 6 nitrogen and oxygen atoms in total. The lowest BCUT2D eigenvalue weighted by molar-refractivity contribution is -0.146. The zero-order valence-corrected chi connectivity index (χ0v) is 25.2. The Hall–Kier alpha value is -3.84. The monoisotopic (exact) mass is 630 g/mol. The van der Waals surface area contributed by atoms with E-state index in [1.165, 1.54) is 7.11 Å². The second-order valence-electron chi connectivity index (χ2n) is 11.1. The fourth-order valence-corrected chi connectivity index (χ4v) is 8.40. The molecule has 3 amide bonds. The fraction of sp³-hybridized carbons (Fsp3) is 0.206. The smallest absolute Gasteiger partial charge is 0.248 e. The normalized spacial score (nSPS) is 25.5. The van der Waals surface area contributed by atoms with E-state index in [-0.39, 0.29) is 6.42 Å². The molecule has 0 spiro atoms. The maximum atomic E-state index is 14.6. The number of nitrogens with one attached hydrogen (secondary N) is 1. The Morgan fingerprint density at radius 2 is 1.30 bits per heavy atom. The largest absolute Gasteiger partial charge is 0.495 e. The van der Waals surface area contributed by atoms with Crippen LogP contribution in [0.2, 0.25) is 5.02 Å². The zero-order valence-electron chi connectivity index (χ0n) is 22.9. The van der Waals surface area contributed by atoms with E-state index in [2.05, 4.69) is 5.32 Å². The van der Waals surface area contributed by atoms with Crippen LogP contribution in [0.4, 0.5) is 5.69 Å². The lowest BCUT2D eigenvalue weighted by atomic mass is 9.54. The van der Waals surface area contributed by atoms with E-state index in [4.69, 9.17) is 39.5 Å². The quantitative estimate of drug-likeness (QED) is 0.195. The summed E-state index contributed by atoms with van der Waals surface area (Å²) in [6.07, 6.45) is 0.0803. The minimum absolute atomic E-state index is 0.0803. The van der Waals surface area contributed by atoms with Gasteiger partial charge in [0.15, 0.2) is 0 Å². The Bertz CT molecular complexity index is 1690. The summed E-state index contributed by atoms with van der Waals surface area (Å²) in [7, 11) is 1.48. The number of amides is 3. The van der Waals surface area contributed by atoms with E-state index in [0.717, 1.165) is 10.5 Å². The molecule has 1 fully saturated rings. The highest BCUT2D eigenvalue weighted by Crippen LogP contribution is 2.69. The molecule has 4 aliphatic rings. The van der Waals surface area contributed by atoms with E-state index in [9.17, 15) is 14.4 Å². The second kappa shape index (κ2) is 10.1. The number of rotatable bonds is 6. The van der Waals surface area contributed by atoms with Crippen LogP contribution in [0.15, 0.2) is 97.1 Å². The molecule has 0 aromatic heterocycles. The van der Waals surface area contributed by atoms with Crippen LogP contribution in [0.5, 0.6) is 5.75 Å². The van der Waals surface area contributed by atoms with Crippen LogP contribution >= 0.6 is 34.8 Å². The van der Waals surface area contributed by atoms with Crippen molar-refractivity contribution in [2.24, 2.45) is 11.8 Å². The van der Waals surface area contributed by atoms with Gasteiger partial charge in [-0.1, -0.05) is 90.5 Å². The molecule has 3 aliphatic carbocycles. The summed E-state index contributed by atoms with van der Waals surface area (Å²) >= 11 is 21.4. The van der Waals surface area contributed by atoms with Gasteiger partial charge >= 0.3 is 0 Å². The average molecular weight is 632 g/mol. The molecule has 43 heavy (non-hydrogen) atoms. The van der Waals surface area contributed by atoms with Gasteiger partial charge in [-0.15, -0.1) is 23.2 Å². The first-order chi connectivity index (χ1) is 20.7. The van der Waals surface area contributed by atoms with E-state index < -0.39 is 45.3 Å². The summed E-state index contributed by atoms with van der Waals surface area (Å²) in [5, 5.41) is 3.24. The van der Waals surface area contributed by atoms with Gasteiger partial charge in [0.25, 0.3) is 0 Å². The third-order valence-electron chi connectivity index (χ3n) is 8.93. The van der Waals surface area contributed by atoms with Gasteiger partial charge in [0.05, 0.1) is 24.6 Å². The van der Waals surface area contributed by atoms with E-state index in [1.54, 1.807) is 18.2 Å². The third-order valence-corrected chi connectivity index (χ3v) is 10.4. The molecular weight excluding hydrogens is 607 g/mol. The number of methoxy groups -OCH3 is 1. The van der Waals surface area contributed by atoms with Gasteiger partial charge < -0.3 is 10.1 Å². The molecule has 1 heterocycles. The number of ether oxygens (including phenoxy) is 1. The number of imide groups is 1. The van der Waals surface area contributed by atoms with Crippen LogP contribution in [-0.2, 0) is 30.6 Å². The van der Waals surface area contributed by atoms with Crippen molar-refractivity contribution in [3.63, 3.8) is 0 Å². The summed E-state index contributed by atoms with van der Waals surface area (Å²) in [4.78, 5) is 41.7. The summed E-state index contributed by atoms with van der Waals surface area (Å²) < 4.78 is 5.42. The molecule has 216 valence electrons. The number of likely N-dealkylation sites (tertiary alicyclic amines) is 1. The molecule has 1 aliphatic heterocycles. The Morgan fingerprint density at radius 1 is 0.814 bits per heavy atom. The minimum atomic E-state index is -1.35. The highest BCUT2D eigenvalue weighted by molar-refractivity contribution is 6.36. The van der Waals surface area contributed by atoms with Crippen LogP contribution < -0.4 is 10.1 Å². The van der Waals surface area contributed by atoms with Crippen molar-refractivity contribution in [1.82, 2.24) is 4.90 Å². The topological polar surface area (TPSA) is 75.7 Å². The second-order valence-corrected chi connectivity index (χ2v) is 12.7. The SMILES string of the molecule is COc1ccc(Cl)cc1NC(=O)[C@H](Cc1ccccc1)N1C(=O)[C@@H]2[C@@H](C1=O)C1(Cl)c3ccccc3C2(Cl)c2ccccc21. The molecule has 0 radical (unpaired) electrons. The number of hydrogen-bond acceptors (Lipinski definition) is 4. The fourth-order valence-electron chi connectivity index (χ4n) is 7.13. The Morgan fingerprint density at radius 3 is 1.79 bits per heavy atom. The van der Waals surface area contributed by atoms with Crippen LogP contribution in [0.25, 0.3) is 0 Å². The van der Waals surface area contributed by atoms with Gasteiger partial charge in [-0.3, -0.25) is 19.3 Å². The Balaban J connectivity index is 1.36. The zero-order chi connectivity index (χ0) is 30.1. The molecule has 1 N–H and O–H groups in total. The molecule has 4 aromatic rings. The van der Waals surface area contributed by atoms with E-state index in [1.807, 2.05) is 78.9 Å². The van der Waals surface area contributed by atoms with Crippen molar-refractivity contribution in [2.75, 3.05) is 12.4 Å². The summed E-state index contributed by atoms with van der Waals surface area (Å²) in [6, 6.07) is 27.7. The molecule has 1 saturated heterocycles. The maximum absolute atomic E-state index is 14.6. The first-order valence-corrected chi connectivity index (χ1v) is 15.0. The van der Waals surface area contributed by atoms with E-state index >= 15 is 0 Å². The first kappa shape index (κ1) is 28.0. The summed E-state index contributed by atoms with van der Waals surface area (Å²) in [6.45, 7) is 0. The van der Waals surface area contributed by atoms with Gasteiger partial charge in [-0.05, 0) is 46.0 Å². The number of benzene rings is 4. The molecule has 0 unspecified atom stereocenters. The molecule has 9 heteroatoms. The lowest BCUT2D eigenvalue weighted by Gasteiger charge is -2.54. The standard InChI is InChI=1S/C34H25Cl3N2O4/c1-43-27-16-15-20(35)18-25(27)38-30(40)26(17-19-9-3-2-4-10-19)39-31(41)28-29(32(39)42)34(37)22-12-6-5-11-21(22)33(28,36)23-13-7-8-14-24(23)34/h2-16,18,26,28-29H,17H2,1H3,(H,38,40)/t26-,28-,29-,33?,34?/m0/s1. The summed E-state index contributed by atoms with van der Waals surface area (Å²) in [5.41, 5.74) is 3.87. The Kier molecular flexibility index (Phi) is 6.58. The van der Waals surface area contributed by atoms with Crippen LogP contribution in [0.3, 0.4) is 0 Å². The number of alkyl halides is 2. The molecule has 2 bridgehead atoms. The molecule has 4 aromatic carbocycles. The number of carbonyl (C=O) groups is 3. The van der Waals surface area contributed by atoms with Crippen molar-refractivity contribution >= 4 is 58.2 Å².